The van der Waals surface area contributed by atoms with E-state index in [9.17, 15) is 14.4 Å². The van der Waals surface area contributed by atoms with E-state index in [1.807, 2.05) is 12.1 Å². The second-order valence-electron chi connectivity index (χ2n) is 9.55. The second-order valence-corrected chi connectivity index (χ2v) is 9.55. The SMILES string of the molecule is O=C1CCC(N2Cc3cc(N4CCC(CCN5CCNCC5)CC4)ccc3C2=O)C(=O)N1. The Bertz CT molecular complexity index is 890. The van der Waals surface area contributed by atoms with Gasteiger partial charge in [0.05, 0.1) is 0 Å². The van der Waals surface area contributed by atoms with Gasteiger partial charge < -0.3 is 20.0 Å². The predicted molar refractivity (Wildman–Crippen MR) is 121 cm³/mol. The van der Waals surface area contributed by atoms with Crippen LogP contribution < -0.4 is 15.5 Å². The molecule has 0 bridgehead atoms. The molecule has 8 nitrogen and oxygen atoms in total. The third-order valence-electron chi connectivity index (χ3n) is 7.55. The molecule has 0 spiro atoms. The smallest absolute Gasteiger partial charge is 0.255 e. The van der Waals surface area contributed by atoms with Crippen LogP contribution in [0.2, 0.25) is 0 Å². The van der Waals surface area contributed by atoms with E-state index in [1.54, 1.807) is 4.90 Å². The van der Waals surface area contributed by atoms with Crippen LogP contribution in [0.25, 0.3) is 0 Å². The van der Waals surface area contributed by atoms with Gasteiger partial charge in [0.2, 0.25) is 11.8 Å². The molecular formula is C24H33N5O3. The van der Waals surface area contributed by atoms with Gasteiger partial charge in [-0.2, -0.15) is 0 Å². The molecule has 4 aliphatic rings. The molecule has 4 heterocycles. The van der Waals surface area contributed by atoms with Crippen LogP contribution in [0, 0.1) is 5.92 Å². The molecule has 4 aliphatic heterocycles. The highest BCUT2D eigenvalue weighted by Gasteiger charge is 2.39. The van der Waals surface area contributed by atoms with Crippen molar-refractivity contribution < 1.29 is 14.4 Å². The Morgan fingerprint density at radius 1 is 0.969 bits per heavy atom. The van der Waals surface area contributed by atoms with Crippen molar-refractivity contribution in [2.45, 2.75) is 44.7 Å². The highest BCUT2D eigenvalue weighted by atomic mass is 16.2. The topological polar surface area (TPSA) is 85.0 Å². The van der Waals surface area contributed by atoms with Gasteiger partial charge >= 0.3 is 0 Å². The first-order valence-corrected chi connectivity index (χ1v) is 12.0. The van der Waals surface area contributed by atoms with Crippen molar-refractivity contribution in [1.29, 1.82) is 0 Å². The first kappa shape index (κ1) is 21.4. The van der Waals surface area contributed by atoms with Gasteiger partial charge in [-0.05, 0) is 61.9 Å². The summed E-state index contributed by atoms with van der Waals surface area (Å²) in [5.74, 6) is 0.0763. The Labute approximate surface area is 189 Å². The highest BCUT2D eigenvalue weighted by Crippen LogP contribution is 2.32. The lowest BCUT2D eigenvalue weighted by atomic mass is 9.92. The van der Waals surface area contributed by atoms with Crippen molar-refractivity contribution in [1.82, 2.24) is 20.4 Å². The summed E-state index contributed by atoms with van der Waals surface area (Å²) in [7, 11) is 0. The zero-order valence-electron chi connectivity index (χ0n) is 18.6. The Kier molecular flexibility index (Phi) is 6.15. The summed E-state index contributed by atoms with van der Waals surface area (Å²) < 4.78 is 0. The van der Waals surface area contributed by atoms with Crippen molar-refractivity contribution in [3.8, 4) is 0 Å². The van der Waals surface area contributed by atoms with Crippen molar-refractivity contribution in [2.75, 3.05) is 50.7 Å². The van der Waals surface area contributed by atoms with Crippen LogP contribution in [-0.2, 0) is 16.1 Å². The molecule has 1 atom stereocenters. The van der Waals surface area contributed by atoms with Crippen molar-refractivity contribution in [2.24, 2.45) is 5.92 Å². The molecule has 0 radical (unpaired) electrons. The highest BCUT2D eigenvalue weighted by molar-refractivity contribution is 6.05. The van der Waals surface area contributed by atoms with Crippen molar-refractivity contribution in [3.05, 3.63) is 29.3 Å². The maximum absolute atomic E-state index is 12.9. The number of amides is 3. The minimum Gasteiger partial charge on any atom is -0.372 e. The molecular weight excluding hydrogens is 406 g/mol. The predicted octanol–water partition coefficient (Wildman–Crippen LogP) is 0.959. The van der Waals surface area contributed by atoms with Crippen LogP contribution in [0.1, 0.15) is 48.0 Å². The third-order valence-corrected chi connectivity index (χ3v) is 7.55. The number of benzene rings is 1. The fraction of sp³-hybridized carbons (Fsp3) is 0.625. The van der Waals surface area contributed by atoms with Crippen LogP contribution >= 0.6 is 0 Å². The van der Waals surface area contributed by atoms with E-state index in [0.717, 1.165) is 37.7 Å². The van der Waals surface area contributed by atoms with Gasteiger partial charge in [0.15, 0.2) is 0 Å². The summed E-state index contributed by atoms with van der Waals surface area (Å²) in [5.41, 5.74) is 2.84. The number of nitrogens with one attached hydrogen (secondary N) is 2. The van der Waals surface area contributed by atoms with E-state index in [-0.39, 0.29) is 24.1 Å². The van der Waals surface area contributed by atoms with Gasteiger partial charge in [-0.25, -0.2) is 0 Å². The van der Waals surface area contributed by atoms with Crippen LogP contribution in [0.15, 0.2) is 18.2 Å². The van der Waals surface area contributed by atoms with E-state index in [4.69, 9.17) is 0 Å². The van der Waals surface area contributed by atoms with Crippen molar-refractivity contribution >= 4 is 23.4 Å². The van der Waals surface area contributed by atoms with E-state index in [0.29, 0.717) is 18.5 Å². The molecule has 3 saturated heterocycles. The molecule has 3 amide bonds. The van der Waals surface area contributed by atoms with E-state index in [1.165, 1.54) is 44.6 Å². The summed E-state index contributed by atoms with van der Waals surface area (Å²) in [6.45, 7) is 8.32. The average Bonchev–Trinajstić information content (AvgIpc) is 3.14. The summed E-state index contributed by atoms with van der Waals surface area (Å²) in [6.07, 6.45) is 4.40. The maximum atomic E-state index is 12.9. The summed E-state index contributed by atoms with van der Waals surface area (Å²) >= 11 is 0. The monoisotopic (exact) mass is 439 g/mol. The molecule has 5 rings (SSSR count). The lowest BCUT2D eigenvalue weighted by molar-refractivity contribution is -0.136. The first-order valence-electron chi connectivity index (χ1n) is 12.0. The quantitative estimate of drug-likeness (QED) is 0.665. The minimum absolute atomic E-state index is 0.104. The molecule has 2 N–H and O–H groups in total. The van der Waals surface area contributed by atoms with Crippen LogP contribution in [0.4, 0.5) is 5.69 Å². The molecule has 8 heteroatoms. The van der Waals surface area contributed by atoms with E-state index in [2.05, 4.69) is 26.5 Å². The van der Waals surface area contributed by atoms with E-state index < -0.39 is 6.04 Å². The fourth-order valence-electron chi connectivity index (χ4n) is 5.54. The molecule has 1 aromatic carbocycles. The standard InChI is InChI=1S/C24H33N5O3/c30-22-4-3-21(23(31)26-22)29-16-18-15-19(1-2-20(18)24(29)32)28-11-6-17(7-12-28)5-10-27-13-8-25-9-14-27/h1-2,15,17,21,25H,3-14,16H2,(H,26,30,31). The number of piperazine rings is 1. The normalized spacial score (nSPS) is 25.2. The number of hydrogen-bond acceptors (Lipinski definition) is 6. The molecule has 172 valence electrons. The lowest BCUT2D eigenvalue weighted by Crippen LogP contribution is -2.52. The Hall–Kier alpha value is -2.45. The first-order chi connectivity index (χ1) is 15.6. The number of fused-ring (bicyclic) bond motifs is 1. The number of nitrogens with zero attached hydrogens (tertiary/aromatic N) is 3. The number of anilines is 1. The molecule has 1 unspecified atom stereocenters. The van der Waals surface area contributed by atoms with Crippen LogP contribution in [-0.4, -0.2) is 79.4 Å². The summed E-state index contributed by atoms with van der Waals surface area (Å²) in [4.78, 5) is 43.2. The van der Waals surface area contributed by atoms with Crippen LogP contribution in [0.5, 0.6) is 0 Å². The molecule has 0 aromatic heterocycles. The minimum atomic E-state index is -0.553. The Morgan fingerprint density at radius 2 is 1.75 bits per heavy atom. The maximum Gasteiger partial charge on any atom is 0.255 e. The zero-order valence-corrected chi connectivity index (χ0v) is 18.6. The Morgan fingerprint density at radius 3 is 2.50 bits per heavy atom. The lowest BCUT2D eigenvalue weighted by Gasteiger charge is -2.35. The van der Waals surface area contributed by atoms with Crippen LogP contribution in [0.3, 0.4) is 0 Å². The van der Waals surface area contributed by atoms with Gasteiger partial charge in [-0.15, -0.1) is 0 Å². The molecule has 32 heavy (non-hydrogen) atoms. The number of carbonyl (C=O) groups is 3. The number of hydrogen-bond donors (Lipinski definition) is 2. The van der Waals surface area contributed by atoms with Gasteiger partial charge in [0.25, 0.3) is 5.91 Å². The number of rotatable bonds is 5. The third kappa shape index (κ3) is 4.38. The fourth-order valence-corrected chi connectivity index (χ4v) is 5.54. The average molecular weight is 440 g/mol. The van der Waals surface area contributed by atoms with Gasteiger partial charge in [-0.3, -0.25) is 19.7 Å². The number of imide groups is 1. The Balaban J connectivity index is 1.17. The summed E-state index contributed by atoms with van der Waals surface area (Å²) in [5, 5.41) is 5.78. The number of piperidine rings is 2. The van der Waals surface area contributed by atoms with Gasteiger partial charge in [0, 0.05) is 63.5 Å². The van der Waals surface area contributed by atoms with Crippen molar-refractivity contribution in [3.63, 3.8) is 0 Å². The molecule has 3 fully saturated rings. The second kappa shape index (κ2) is 9.19. The summed E-state index contributed by atoms with van der Waals surface area (Å²) in [6, 6.07) is 5.53. The van der Waals surface area contributed by atoms with Gasteiger partial charge in [0.1, 0.15) is 6.04 Å². The zero-order chi connectivity index (χ0) is 22.1. The largest absolute Gasteiger partial charge is 0.372 e. The van der Waals surface area contributed by atoms with E-state index >= 15 is 0 Å². The molecule has 1 aromatic rings. The van der Waals surface area contributed by atoms with Gasteiger partial charge in [-0.1, -0.05) is 0 Å². The molecule has 0 saturated carbocycles. The molecule has 0 aliphatic carbocycles. The number of carbonyl (C=O) groups excluding carboxylic acids is 3.